The molecule has 4 nitrogen and oxygen atoms in total. The van der Waals surface area contributed by atoms with Crippen molar-refractivity contribution < 1.29 is 4.79 Å². The van der Waals surface area contributed by atoms with Crippen LogP contribution >= 0.6 is 22.7 Å². The number of amides is 1. The lowest BCUT2D eigenvalue weighted by molar-refractivity contribution is 0.0682. The minimum absolute atomic E-state index is 0.0890. The van der Waals surface area contributed by atoms with Crippen LogP contribution in [0.5, 0.6) is 0 Å². The Hall–Kier alpha value is -1.24. The van der Waals surface area contributed by atoms with Crippen LogP contribution in [-0.2, 0) is 0 Å². The lowest BCUT2D eigenvalue weighted by Gasteiger charge is -2.31. The van der Waals surface area contributed by atoms with Crippen molar-refractivity contribution in [3.63, 3.8) is 0 Å². The summed E-state index contributed by atoms with van der Waals surface area (Å²) in [6.07, 6.45) is 3.42. The molecule has 2 aromatic rings. The van der Waals surface area contributed by atoms with Crippen molar-refractivity contribution in [2.45, 2.75) is 19.3 Å². The maximum Gasteiger partial charge on any atom is 0.273 e. The lowest BCUT2D eigenvalue weighted by atomic mass is 9.93. The van der Waals surface area contributed by atoms with Crippen molar-refractivity contribution in [1.82, 2.24) is 15.2 Å². The Morgan fingerprint density at radius 2 is 2.23 bits per heavy atom. The zero-order chi connectivity index (χ0) is 15.4. The maximum atomic E-state index is 12.6. The second-order valence-corrected chi connectivity index (χ2v) is 7.45. The Balaban J connectivity index is 1.58. The fraction of sp³-hybridized carbons (Fsp3) is 0.500. The molecule has 1 amide bonds. The molecular weight excluding hydrogens is 314 g/mol. The standard InChI is InChI=1S/C16H21N3OS2/c1-17-7-4-12-5-8-19(9-6-12)16(20)13-11-22-15(18-13)14-3-2-10-21-14/h2-3,10-12,17H,4-9H2,1H3. The summed E-state index contributed by atoms with van der Waals surface area (Å²) in [6, 6.07) is 4.06. The first-order chi connectivity index (χ1) is 10.8. The van der Waals surface area contributed by atoms with E-state index in [4.69, 9.17) is 0 Å². The molecule has 3 heterocycles. The van der Waals surface area contributed by atoms with E-state index >= 15 is 0 Å². The zero-order valence-electron chi connectivity index (χ0n) is 12.7. The number of carbonyl (C=O) groups is 1. The molecule has 0 saturated carbocycles. The predicted molar refractivity (Wildman–Crippen MR) is 92.6 cm³/mol. The molecule has 0 unspecified atom stereocenters. The van der Waals surface area contributed by atoms with Gasteiger partial charge in [0, 0.05) is 18.5 Å². The highest BCUT2D eigenvalue weighted by molar-refractivity contribution is 7.20. The van der Waals surface area contributed by atoms with Crippen molar-refractivity contribution >= 4 is 28.6 Å². The van der Waals surface area contributed by atoms with Gasteiger partial charge in [-0.2, -0.15) is 0 Å². The number of hydrogen-bond acceptors (Lipinski definition) is 5. The van der Waals surface area contributed by atoms with Crippen molar-refractivity contribution in [3.05, 3.63) is 28.6 Å². The van der Waals surface area contributed by atoms with Crippen LogP contribution in [0, 0.1) is 5.92 Å². The molecule has 2 aromatic heterocycles. The summed E-state index contributed by atoms with van der Waals surface area (Å²) in [4.78, 5) is 20.2. The number of thiazole rings is 1. The second-order valence-electron chi connectivity index (χ2n) is 5.64. The van der Waals surface area contributed by atoms with Crippen molar-refractivity contribution in [2.75, 3.05) is 26.7 Å². The topological polar surface area (TPSA) is 45.2 Å². The molecule has 118 valence electrons. The molecule has 0 spiro atoms. The van der Waals surface area contributed by atoms with Crippen LogP contribution in [0.3, 0.4) is 0 Å². The average Bonchev–Trinajstić information content (AvgIpc) is 3.23. The van der Waals surface area contributed by atoms with Gasteiger partial charge >= 0.3 is 0 Å². The highest BCUT2D eigenvalue weighted by Crippen LogP contribution is 2.29. The molecule has 1 fully saturated rings. The number of piperidine rings is 1. The fourth-order valence-corrected chi connectivity index (χ4v) is 4.43. The quantitative estimate of drug-likeness (QED) is 0.911. The van der Waals surface area contributed by atoms with Crippen LogP contribution in [0.2, 0.25) is 0 Å². The average molecular weight is 335 g/mol. The van der Waals surface area contributed by atoms with Gasteiger partial charge in [0.2, 0.25) is 0 Å². The molecule has 6 heteroatoms. The maximum absolute atomic E-state index is 12.6. The summed E-state index contributed by atoms with van der Waals surface area (Å²) in [5.41, 5.74) is 0.599. The van der Waals surface area contributed by atoms with Crippen LogP contribution in [-0.4, -0.2) is 42.5 Å². The molecule has 1 aliphatic rings. The summed E-state index contributed by atoms with van der Waals surface area (Å²) in [5.74, 6) is 0.833. The molecule has 0 aromatic carbocycles. The van der Waals surface area contributed by atoms with Crippen molar-refractivity contribution in [3.8, 4) is 9.88 Å². The Labute approximate surface area is 139 Å². The van der Waals surface area contributed by atoms with E-state index in [9.17, 15) is 4.79 Å². The monoisotopic (exact) mass is 335 g/mol. The van der Waals surface area contributed by atoms with E-state index < -0.39 is 0 Å². The van der Waals surface area contributed by atoms with Crippen LogP contribution in [0.1, 0.15) is 29.8 Å². The van der Waals surface area contributed by atoms with Gasteiger partial charge in [-0.3, -0.25) is 4.79 Å². The van der Waals surface area contributed by atoms with Gasteiger partial charge in [-0.15, -0.1) is 22.7 Å². The van der Waals surface area contributed by atoms with E-state index in [1.165, 1.54) is 6.42 Å². The zero-order valence-corrected chi connectivity index (χ0v) is 14.4. The third kappa shape index (κ3) is 3.56. The first-order valence-corrected chi connectivity index (χ1v) is 9.47. The second kappa shape index (κ2) is 7.35. The molecule has 0 atom stereocenters. The number of hydrogen-bond donors (Lipinski definition) is 1. The predicted octanol–water partition coefficient (Wildman–Crippen LogP) is 3.33. The van der Waals surface area contributed by atoms with Gasteiger partial charge in [-0.1, -0.05) is 6.07 Å². The number of nitrogens with zero attached hydrogens (tertiary/aromatic N) is 2. The number of thiophene rings is 1. The molecule has 22 heavy (non-hydrogen) atoms. The molecule has 1 aliphatic heterocycles. The number of nitrogens with one attached hydrogen (secondary N) is 1. The van der Waals surface area contributed by atoms with Crippen LogP contribution in [0.15, 0.2) is 22.9 Å². The summed E-state index contributed by atoms with van der Waals surface area (Å²) >= 11 is 3.22. The first kappa shape index (κ1) is 15.6. The molecule has 0 aliphatic carbocycles. The Kier molecular flexibility index (Phi) is 5.23. The van der Waals surface area contributed by atoms with E-state index in [1.54, 1.807) is 22.7 Å². The van der Waals surface area contributed by atoms with Gasteiger partial charge in [-0.25, -0.2) is 4.98 Å². The number of aromatic nitrogens is 1. The van der Waals surface area contributed by atoms with Gasteiger partial charge in [0.1, 0.15) is 10.7 Å². The number of rotatable bonds is 5. The van der Waals surface area contributed by atoms with Gasteiger partial charge < -0.3 is 10.2 Å². The molecule has 1 N–H and O–H groups in total. The third-order valence-electron chi connectivity index (χ3n) is 4.16. The summed E-state index contributed by atoms with van der Waals surface area (Å²) in [6.45, 7) is 2.78. The lowest BCUT2D eigenvalue weighted by Crippen LogP contribution is -2.39. The molecule has 1 saturated heterocycles. The van der Waals surface area contributed by atoms with Crippen molar-refractivity contribution in [1.29, 1.82) is 0 Å². The molecule has 0 bridgehead atoms. The normalized spacial score (nSPS) is 16.1. The van der Waals surface area contributed by atoms with Crippen LogP contribution in [0.4, 0.5) is 0 Å². The van der Waals surface area contributed by atoms with E-state index in [2.05, 4.69) is 10.3 Å². The Bertz CT molecular complexity index is 601. The van der Waals surface area contributed by atoms with Crippen LogP contribution in [0.25, 0.3) is 9.88 Å². The summed E-state index contributed by atoms with van der Waals surface area (Å²) < 4.78 is 0. The molecule has 3 rings (SSSR count). The van der Waals surface area contributed by atoms with Gasteiger partial charge in [0.25, 0.3) is 5.91 Å². The van der Waals surface area contributed by atoms with E-state index in [0.717, 1.165) is 48.3 Å². The minimum Gasteiger partial charge on any atom is -0.337 e. The van der Waals surface area contributed by atoms with Crippen LogP contribution < -0.4 is 5.32 Å². The van der Waals surface area contributed by atoms with Gasteiger partial charge in [-0.05, 0) is 50.2 Å². The SMILES string of the molecule is CNCCC1CCN(C(=O)c2csc(-c3cccs3)n2)CC1. The largest absolute Gasteiger partial charge is 0.337 e. The summed E-state index contributed by atoms with van der Waals surface area (Å²) in [5, 5.41) is 8.08. The van der Waals surface area contributed by atoms with E-state index in [1.807, 2.05) is 34.8 Å². The smallest absolute Gasteiger partial charge is 0.273 e. The van der Waals surface area contributed by atoms with Crippen molar-refractivity contribution in [2.24, 2.45) is 5.92 Å². The highest BCUT2D eigenvalue weighted by atomic mass is 32.1. The van der Waals surface area contributed by atoms with E-state index in [0.29, 0.717) is 5.69 Å². The fourth-order valence-electron chi connectivity index (χ4n) is 2.82. The van der Waals surface area contributed by atoms with Gasteiger partial charge in [0.05, 0.1) is 4.88 Å². The number of carbonyl (C=O) groups excluding carboxylic acids is 1. The third-order valence-corrected chi connectivity index (χ3v) is 6.04. The molecular formula is C16H21N3OS2. The Morgan fingerprint density at radius 1 is 1.41 bits per heavy atom. The first-order valence-electron chi connectivity index (χ1n) is 7.71. The number of likely N-dealkylation sites (tertiary alicyclic amines) is 1. The summed E-state index contributed by atoms with van der Waals surface area (Å²) in [7, 11) is 1.99. The Morgan fingerprint density at radius 3 is 2.91 bits per heavy atom. The minimum atomic E-state index is 0.0890. The highest BCUT2D eigenvalue weighted by Gasteiger charge is 2.25. The van der Waals surface area contributed by atoms with Gasteiger partial charge in [0.15, 0.2) is 0 Å². The van der Waals surface area contributed by atoms with E-state index in [-0.39, 0.29) is 5.91 Å². The molecule has 0 radical (unpaired) electrons.